The molecule has 82 valence electrons. The molecule has 1 fully saturated rings. The first-order valence-corrected chi connectivity index (χ1v) is 5.32. The SMILES string of the molecule is CC(C)N1CCC(CNCC(N)=O)C1. The van der Waals surface area contributed by atoms with Crippen molar-refractivity contribution in [2.45, 2.75) is 26.3 Å². The fourth-order valence-corrected chi connectivity index (χ4v) is 1.90. The monoisotopic (exact) mass is 199 g/mol. The average Bonchev–Trinajstić information content (AvgIpc) is 2.52. The Bertz CT molecular complexity index is 194. The van der Waals surface area contributed by atoms with Crippen LogP contribution in [-0.2, 0) is 4.79 Å². The molecule has 1 unspecified atom stereocenters. The number of hydrogen-bond donors (Lipinski definition) is 2. The van der Waals surface area contributed by atoms with Crippen LogP contribution in [0.2, 0.25) is 0 Å². The smallest absolute Gasteiger partial charge is 0.231 e. The molecule has 14 heavy (non-hydrogen) atoms. The van der Waals surface area contributed by atoms with Gasteiger partial charge in [-0.3, -0.25) is 4.79 Å². The Morgan fingerprint density at radius 2 is 2.36 bits per heavy atom. The maximum atomic E-state index is 10.5. The summed E-state index contributed by atoms with van der Waals surface area (Å²) in [7, 11) is 0. The first kappa shape index (κ1) is 11.5. The minimum absolute atomic E-state index is 0.274. The summed E-state index contributed by atoms with van der Waals surface area (Å²) in [6, 6.07) is 0.635. The third kappa shape index (κ3) is 3.64. The van der Waals surface area contributed by atoms with Crippen LogP contribution in [0.3, 0.4) is 0 Å². The molecule has 0 spiro atoms. The second kappa shape index (κ2) is 5.32. The van der Waals surface area contributed by atoms with Crippen LogP contribution in [0.15, 0.2) is 0 Å². The van der Waals surface area contributed by atoms with Gasteiger partial charge in [0.2, 0.25) is 5.91 Å². The topological polar surface area (TPSA) is 58.4 Å². The van der Waals surface area contributed by atoms with Crippen molar-refractivity contribution < 1.29 is 4.79 Å². The highest BCUT2D eigenvalue weighted by atomic mass is 16.1. The van der Waals surface area contributed by atoms with Crippen LogP contribution in [0.25, 0.3) is 0 Å². The lowest BCUT2D eigenvalue weighted by Crippen LogP contribution is -2.34. The maximum absolute atomic E-state index is 10.5. The molecule has 1 rings (SSSR count). The quantitative estimate of drug-likeness (QED) is 0.644. The van der Waals surface area contributed by atoms with E-state index >= 15 is 0 Å². The summed E-state index contributed by atoms with van der Waals surface area (Å²) in [5, 5.41) is 3.09. The molecular formula is C10H21N3O. The Morgan fingerprint density at radius 1 is 1.64 bits per heavy atom. The molecule has 1 saturated heterocycles. The predicted octanol–water partition coefficient (Wildman–Crippen LogP) is -0.208. The van der Waals surface area contributed by atoms with E-state index in [0.29, 0.717) is 18.5 Å². The van der Waals surface area contributed by atoms with Crippen molar-refractivity contribution in [3.63, 3.8) is 0 Å². The second-order valence-corrected chi connectivity index (χ2v) is 4.34. The average molecular weight is 199 g/mol. The van der Waals surface area contributed by atoms with Crippen molar-refractivity contribution in [2.75, 3.05) is 26.2 Å². The van der Waals surface area contributed by atoms with E-state index in [9.17, 15) is 4.79 Å². The van der Waals surface area contributed by atoms with Crippen molar-refractivity contribution in [2.24, 2.45) is 11.7 Å². The molecule has 0 aromatic heterocycles. The van der Waals surface area contributed by atoms with Crippen LogP contribution >= 0.6 is 0 Å². The number of nitrogens with two attached hydrogens (primary N) is 1. The number of rotatable bonds is 5. The molecule has 0 bridgehead atoms. The van der Waals surface area contributed by atoms with Gasteiger partial charge in [0.05, 0.1) is 6.54 Å². The molecule has 0 aliphatic carbocycles. The minimum atomic E-state index is -0.274. The van der Waals surface area contributed by atoms with Gasteiger partial charge in [-0.1, -0.05) is 0 Å². The van der Waals surface area contributed by atoms with Gasteiger partial charge in [0, 0.05) is 12.6 Å². The maximum Gasteiger partial charge on any atom is 0.231 e. The van der Waals surface area contributed by atoms with E-state index in [1.54, 1.807) is 0 Å². The molecule has 4 nitrogen and oxygen atoms in total. The number of hydrogen-bond acceptors (Lipinski definition) is 3. The van der Waals surface area contributed by atoms with Crippen LogP contribution in [0.5, 0.6) is 0 Å². The van der Waals surface area contributed by atoms with Gasteiger partial charge in [-0.15, -0.1) is 0 Å². The molecule has 4 heteroatoms. The standard InChI is InChI=1S/C10H21N3O/c1-8(2)13-4-3-9(7-13)5-12-6-10(11)14/h8-9,12H,3-7H2,1-2H3,(H2,11,14). The predicted molar refractivity (Wildman–Crippen MR) is 56.9 cm³/mol. The third-order valence-corrected chi connectivity index (χ3v) is 2.78. The molecule has 0 aromatic carbocycles. The molecule has 3 N–H and O–H groups in total. The molecular weight excluding hydrogens is 178 g/mol. The zero-order chi connectivity index (χ0) is 10.6. The van der Waals surface area contributed by atoms with Gasteiger partial charge in [-0.05, 0) is 39.3 Å². The molecule has 0 saturated carbocycles. The van der Waals surface area contributed by atoms with E-state index in [1.165, 1.54) is 13.0 Å². The fraction of sp³-hybridized carbons (Fsp3) is 0.900. The highest BCUT2D eigenvalue weighted by Crippen LogP contribution is 2.17. The summed E-state index contributed by atoms with van der Waals surface area (Å²) < 4.78 is 0. The van der Waals surface area contributed by atoms with E-state index in [0.717, 1.165) is 13.1 Å². The van der Waals surface area contributed by atoms with Crippen LogP contribution < -0.4 is 11.1 Å². The first-order chi connectivity index (χ1) is 6.59. The minimum Gasteiger partial charge on any atom is -0.369 e. The molecule has 1 aliphatic rings. The van der Waals surface area contributed by atoms with Crippen molar-refractivity contribution in [1.29, 1.82) is 0 Å². The number of primary amides is 1. The first-order valence-electron chi connectivity index (χ1n) is 5.32. The summed E-state index contributed by atoms with van der Waals surface area (Å²) in [5.41, 5.74) is 5.04. The Kier molecular flexibility index (Phi) is 4.35. The van der Waals surface area contributed by atoms with E-state index in [4.69, 9.17) is 5.73 Å². The van der Waals surface area contributed by atoms with Gasteiger partial charge < -0.3 is 16.0 Å². The van der Waals surface area contributed by atoms with Crippen molar-refractivity contribution >= 4 is 5.91 Å². The Morgan fingerprint density at radius 3 is 2.86 bits per heavy atom. The Balaban J connectivity index is 2.13. The fourth-order valence-electron chi connectivity index (χ4n) is 1.90. The zero-order valence-corrected chi connectivity index (χ0v) is 9.12. The van der Waals surface area contributed by atoms with Crippen LogP contribution in [0, 0.1) is 5.92 Å². The number of nitrogens with one attached hydrogen (secondary N) is 1. The molecule has 1 heterocycles. The largest absolute Gasteiger partial charge is 0.369 e. The van der Waals surface area contributed by atoms with E-state index in [-0.39, 0.29) is 5.91 Å². The zero-order valence-electron chi connectivity index (χ0n) is 9.12. The highest BCUT2D eigenvalue weighted by Gasteiger charge is 2.23. The summed E-state index contributed by atoms with van der Waals surface area (Å²) in [6.45, 7) is 7.98. The van der Waals surface area contributed by atoms with Gasteiger partial charge >= 0.3 is 0 Å². The summed E-state index contributed by atoms with van der Waals surface area (Å²) in [4.78, 5) is 13.0. The lowest BCUT2D eigenvalue weighted by Gasteiger charge is -2.20. The van der Waals surface area contributed by atoms with Gasteiger partial charge in [0.15, 0.2) is 0 Å². The van der Waals surface area contributed by atoms with Crippen LogP contribution in [0.4, 0.5) is 0 Å². The lowest BCUT2D eigenvalue weighted by molar-refractivity contribution is -0.117. The number of amides is 1. The van der Waals surface area contributed by atoms with E-state index in [2.05, 4.69) is 24.1 Å². The van der Waals surface area contributed by atoms with Crippen molar-refractivity contribution in [3.8, 4) is 0 Å². The molecule has 0 aromatic rings. The molecule has 1 amide bonds. The summed E-state index contributed by atoms with van der Waals surface area (Å²) in [6.07, 6.45) is 1.23. The molecule has 1 atom stereocenters. The van der Waals surface area contributed by atoms with Crippen LogP contribution in [0.1, 0.15) is 20.3 Å². The van der Waals surface area contributed by atoms with Crippen molar-refractivity contribution in [1.82, 2.24) is 10.2 Å². The molecule has 0 radical (unpaired) electrons. The van der Waals surface area contributed by atoms with Gasteiger partial charge in [-0.2, -0.15) is 0 Å². The second-order valence-electron chi connectivity index (χ2n) is 4.34. The number of nitrogens with zero attached hydrogens (tertiary/aromatic N) is 1. The van der Waals surface area contributed by atoms with E-state index < -0.39 is 0 Å². The molecule has 1 aliphatic heterocycles. The Labute approximate surface area is 85.8 Å². The number of likely N-dealkylation sites (tertiary alicyclic amines) is 1. The number of carbonyl (C=O) groups is 1. The van der Waals surface area contributed by atoms with Crippen molar-refractivity contribution in [3.05, 3.63) is 0 Å². The van der Waals surface area contributed by atoms with Gasteiger partial charge in [0.25, 0.3) is 0 Å². The lowest BCUT2D eigenvalue weighted by atomic mass is 10.1. The normalized spacial score (nSPS) is 23.2. The third-order valence-electron chi connectivity index (χ3n) is 2.78. The van der Waals surface area contributed by atoms with Gasteiger partial charge in [0.1, 0.15) is 0 Å². The Hall–Kier alpha value is -0.610. The van der Waals surface area contributed by atoms with E-state index in [1.807, 2.05) is 0 Å². The number of carbonyl (C=O) groups excluding carboxylic acids is 1. The summed E-state index contributed by atoms with van der Waals surface area (Å²) in [5.74, 6) is 0.403. The summed E-state index contributed by atoms with van der Waals surface area (Å²) >= 11 is 0. The highest BCUT2D eigenvalue weighted by molar-refractivity contribution is 5.75. The van der Waals surface area contributed by atoms with Crippen LogP contribution in [-0.4, -0.2) is 43.0 Å². The van der Waals surface area contributed by atoms with Gasteiger partial charge in [-0.25, -0.2) is 0 Å².